The molecule has 0 bridgehead atoms. The number of rotatable bonds is 4. The highest BCUT2D eigenvalue weighted by Gasteiger charge is 2.52. The van der Waals surface area contributed by atoms with Gasteiger partial charge >= 0.3 is 0 Å². The molecule has 3 aliphatic rings. The van der Waals surface area contributed by atoms with Crippen LogP contribution < -0.4 is 5.32 Å². The van der Waals surface area contributed by atoms with Gasteiger partial charge in [0.05, 0.1) is 6.20 Å². The largest absolute Gasteiger partial charge is 0.353 e. The number of hydrogen-bond donors (Lipinski definition) is 1. The maximum atomic E-state index is 13.0. The Labute approximate surface area is 146 Å². The molecule has 1 aromatic heterocycles. The Bertz CT molecular complexity index is 653. The third kappa shape index (κ3) is 3.30. The van der Waals surface area contributed by atoms with E-state index in [2.05, 4.69) is 15.3 Å². The summed E-state index contributed by atoms with van der Waals surface area (Å²) in [6.07, 6.45) is 7.54. The summed E-state index contributed by atoms with van der Waals surface area (Å²) < 4.78 is 27.8. The van der Waals surface area contributed by atoms with Crippen LogP contribution in [0.25, 0.3) is 0 Å². The third-order valence-corrected chi connectivity index (χ3v) is 6.29. The van der Waals surface area contributed by atoms with E-state index in [1.807, 2.05) is 19.4 Å². The van der Waals surface area contributed by atoms with Crippen molar-refractivity contribution in [3.8, 4) is 0 Å². The normalized spacial score (nSPS) is 32.2. The molecule has 7 heteroatoms. The zero-order valence-electron chi connectivity index (χ0n) is 14.7. The molecule has 4 rings (SSSR count). The zero-order valence-corrected chi connectivity index (χ0v) is 14.7. The number of nitrogens with zero attached hydrogens (tertiary/aromatic N) is 3. The van der Waals surface area contributed by atoms with E-state index in [4.69, 9.17) is 0 Å². The van der Waals surface area contributed by atoms with Crippen molar-refractivity contribution in [2.45, 2.75) is 57.0 Å². The predicted octanol–water partition coefficient (Wildman–Crippen LogP) is 2.33. The van der Waals surface area contributed by atoms with Crippen molar-refractivity contribution in [2.24, 2.45) is 18.4 Å². The molecule has 1 spiro atoms. The maximum absolute atomic E-state index is 13.0. The molecule has 1 saturated heterocycles. The molecule has 1 N–H and O–H groups in total. The number of carbonyl (C=O) groups is 1. The lowest BCUT2D eigenvalue weighted by molar-refractivity contribution is -0.135. The highest BCUT2D eigenvalue weighted by Crippen LogP contribution is 2.50. The van der Waals surface area contributed by atoms with Crippen molar-refractivity contribution >= 4 is 5.91 Å². The monoisotopic (exact) mass is 352 g/mol. The van der Waals surface area contributed by atoms with Gasteiger partial charge in [-0.1, -0.05) is 6.42 Å². The number of hydrogen-bond acceptors (Lipinski definition) is 3. The molecule has 2 heterocycles. The van der Waals surface area contributed by atoms with Crippen molar-refractivity contribution in [2.75, 3.05) is 13.1 Å². The second-order valence-corrected chi connectivity index (χ2v) is 8.26. The number of halogens is 2. The second kappa shape index (κ2) is 6.04. The minimum atomic E-state index is -2.58. The van der Waals surface area contributed by atoms with Crippen LogP contribution in [0.4, 0.5) is 8.78 Å². The average Bonchev–Trinajstić information content (AvgIpc) is 3.20. The smallest absolute Gasteiger partial charge is 0.252 e. The first kappa shape index (κ1) is 16.9. The zero-order chi connectivity index (χ0) is 17.7. The van der Waals surface area contributed by atoms with E-state index in [1.165, 1.54) is 5.56 Å². The Hall–Kier alpha value is -1.50. The standard InChI is InChI=1S/C18H26F2N4O/c1-23-10-13(9-21-23)11-24-6-5-17(12-24)4-2-3-15(17)16(25)22-14-7-18(19,20)8-14/h9-10,14-15H,2-8,11-12H2,1H3,(H,22,25)/t15-,17-/m0/s1. The van der Waals surface area contributed by atoms with Gasteiger partial charge in [-0.05, 0) is 31.2 Å². The maximum Gasteiger partial charge on any atom is 0.252 e. The van der Waals surface area contributed by atoms with Gasteiger partial charge in [-0.25, -0.2) is 8.78 Å². The molecular weight excluding hydrogens is 326 g/mol. The number of amides is 1. The van der Waals surface area contributed by atoms with Gasteiger partial charge in [0.25, 0.3) is 5.92 Å². The molecule has 138 valence electrons. The number of aryl methyl sites for hydroxylation is 1. The number of aromatic nitrogens is 2. The molecule has 0 aromatic carbocycles. The lowest BCUT2D eigenvalue weighted by Gasteiger charge is -2.38. The van der Waals surface area contributed by atoms with E-state index in [-0.39, 0.29) is 36.1 Å². The fourth-order valence-corrected chi connectivity index (χ4v) is 5.03. The van der Waals surface area contributed by atoms with E-state index < -0.39 is 5.92 Å². The summed E-state index contributed by atoms with van der Waals surface area (Å²) in [7, 11) is 1.91. The van der Waals surface area contributed by atoms with Crippen LogP contribution in [0.15, 0.2) is 12.4 Å². The van der Waals surface area contributed by atoms with Crippen LogP contribution in [0, 0.1) is 11.3 Å². The molecule has 0 unspecified atom stereocenters. The summed E-state index contributed by atoms with van der Waals surface area (Å²) in [5, 5.41) is 7.10. The minimum Gasteiger partial charge on any atom is -0.353 e. The van der Waals surface area contributed by atoms with Crippen molar-refractivity contribution in [1.29, 1.82) is 0 Å². The van der Waals surface area contributed by atoms with E-state index >= 15 is 0 Å². The minimum absolute atomic E-state index is 0.00114. The van der Waals surface area contributed by atoms with Crippen molar-refractivity contribution in [1.82, 2.24) is 20.0 Å². The van der Waals surface area contributed by atoms with Gasteiger partial charge < -0.3 is 5.32 Å². The first-order valence-corrected chi connectivity index (χ1v) is 9.23. The Morgan fingerprint density at radius 1 is 1.40 bits per heavy atom. The molecule has 1 amide bonds. The van der Waals surface area contributed by atoms with Gasteiger partial charge in [-0.2, -0.15) is 5.10 Å². The van der Waals surface area contributed by atoms with Crippen molar-refractivity contribution in [3.05, 3.63) is 18.0 Å². The van der Waals surface area contributed by atoms with Crippen LogP contribution in [0.1, 0.15) is 44.1 Å². The van der Waals surface area contributed by atoms with Crippen LogP contribution in [0.2, 0.25) is 0 Å². The third-order valence-electron chi connectivity index (χ3n) is 6.29. The molecule has 1 aliphatic heterocycles. The van der Waals surface area contributed by atoms with Gasteiger partial charge in [-0.15, -0.1) is 0 Å². The van der Waals surface area contributed by atoms with Crippen LogP contribution >= 0.6 is 0 Å². The molecule has 0 radical (unpaired) electrons. The molecule has 2 atom stereocenters. The molecule has 25 heavy (non-hydrogen) atoms. The van der Waals surface area contributed by atoms with E-state index in [1.54, 1.807) is 4.68 Å². The Kier molecular flexibility index (Phi) is 4.09. The highest BCUT2D eigenvalue weighted by atomic mass is 19.3. The molecule has 1 aromatic rings. The lowest BCUT2D eigenvalue weighted by Crippen LogP contribution is -2.53. The molecule has 3 fully saturated rings. The highest BCUT2D eigenvalue weighted by molar-refractivity contribution is 5.80. The predicted molar refractivity (Wildman–Crippen MR) is 89.0 cm³/mol. The van der Waals surface area contributed by atoms with Crippen LogP contribution in [-0.4, -0.2) is 45.6 Å². The lowest BCUT2D eigenvalue weighted by atomic mass is 9.76. The molecule has 2 saturated carbocycles. The Morgan fingerprint density at radius 3 is 2.88 bits per heavy atom. The molecular formula is C18H26F2N4O. The number of nitrogens with one attached hydrogen (secondary N) is 1. The Morgan fingerprint density at radius 2 is 2.20 bits per heavy atom. The number of carbonyl (C=O) groups excluding carboxylic acids is 1. The van der Waals surface area contributed by atoms with Gasteiger partial charge in [-0.3, -0.25) is 14.4 Å². The van der Waals surface area contributed by atoms with Gasteiger partial charge in [0.1, 0.15) is 0 Å². The number of alkyl halides is 2. The first-order chi connectivity index (χ1) is 11.9. The van der Waals surface area contributed by atoms with E-state index in [0.717, 1.165) is 45.3 Å². The van der Waals surface area contributed by atoms with Gasteiger partial charge in [0, 0.05) is 56.7 Å². The first-order valence-electron chi connectivity index (χ1n) is 9.23. The van der Waals surface area contributed by atoms with Gasteiger partial charge in [0.15, 0.2) is 0 Å². The fraction of sp³-hybridized carbons (Fsp3) is 0.778. The second-order valence-electron chi connectivity index (χ2n) is 8.26. The summed E-state index contributed by atoms with van der Waals surface area (Å²) in [6, 6.07) is -0.340. The summed E-state index contributed by atoms with van der Waals surface area (Å²) in [6.45, 7) is 2.76. The quantitative estimate of drug-likeness (QED) is 0.905. The topological polar surface area (TPSA) is 50.2 Å². The van der Waals surface area contributed by atoms with Crippen LogP contribution in [0.3, 0.4) is 0 Å². The molecule has 5 nitrogen and oxygen atoms in total. The molecule has 2 aliphatic carbocycles. The van der Waals surface area contributed by atoms with Gasteiger partial charge in [0.2, 0.25) is 5.91 Å². The Balaban J connectivity index is 1.36. The summed E-state index contributed by atoms with van der Waals surface area (Å²) in [5.74, 6) is -2.61. The van der Waals surface area contributed by atoms with Crippen molar-refractivity contribution < 1.29 is 13.6 Å². The number of likely N-dealkylation sites (tertiary alicyclic amines) is 1. The van der Waals surface area contributed by atoms with Crippen molar-refractivity contribution in [3.63, 3.8) is 0 Å². The summed E-state index contributed by atoms with van der Waals surface area (Å²) in [5.41, 5.74) is 1.22. The van der Waals surface area contributed by atoms with Crippen LogP contribution in [0.5, 0.6) is 0 Å². The van der Waals surface area contributed by atoms with E-state index in [9.17, 15) is 13.6 Å². The van der Waals surface area contributed by atoms with E-state index in [0.29, 0.717) is 0 Å². The van der Waals surface area contributed by atoms with Crippen LogP contribution in [-0.2, 0) is 18.4 Å². The average molecular weight is 352 g/mol. The summed E-state index contributed by atoms with van der Waals surface area (Å²) in [4.78, 5) is 15.1. The SMILES string of the molecule is Cn1cc(CN2CC[C@@]3(CCC[C@H]3C(=O)NC3CC(F)(F)C3)C2)cn1. The summed E-state index contributed by atoms with van der Waals surface area (Å²) >= 11 is 0. The fourth-order valence-electron chi connectivity index (χ4n) is 5.03.